The van der Waals surface area contributed by atoms with Crippen LogP contribution in [0.15, 0.2) is 41.5 Å². The van der Waals surface area contributed by atoms with E-state index in [0.29, 0.717) is 17.5 Å². The largest absolute Gasteiger partial charge is 0.294 e. The van der Waals surface area contributed by atoms with Crippen molar-refractivity contribution in [1.82, 2.24) is 9.55 Å². The summed E-state index contributed by atoms with van der Waals surface area (Å²) in [6, 6.07) is 11.2. The lowest BCUT2D eigenvalue weighted by molar-refractivity contribution is 0.749. The molecule has 0 fully saturated rings. The Kier molecular flexibility index (Phi) is 3.09. The van der Waals surface area contributed by atoms with E-state index < -0.39 is 0 Å². The molecule has 0 N–H and O–H groups in total. The van der Waals surface area contributed by atoms with Gasteiger partial charge in [0.05, 0.1) is 29.9 Å². The van der Waals surface area contributed by atoms with Crippen LogP contribution in [0.1, 0.15) is 16.0 Å². The van der Waals surface area contributed by atoms with E-state index in [9.17, 15) is 4.79 Å². The summed E-state index contributed by atoms with van der Waals surface area (Å²) in [4.78, 5) is 18.5. The third-order valence-corrected chi connectivity index (χ3v) is 4.01. The average Bonchev–Trinajstić information content (AvgIpc) is 2.84. The van der Waals surface area contributed by atoms with Crippen LogP contribution in [0, 0.1) is 18.3 Å². The third-order valence-electron chi connectivity index (χ3n) is 3.05. The minimum absolute atomic E-state index is 0.0401. The Balaban J connectivity index is 2.04. The molecule has 2 heterocycles. The average molecular weight is 281 g/mol. The Morgan fingerprint density at radius 2 is 2.25 bits per heavy atom. The van der Waals surface area contributed by atoms with Crippen molar-refractivity contribution in [3.63, 3.8) is 0 Å². The van der Waals surface area contributed by atoms with Gasteiger partial charge in [-0.05, 0) is 30.7 Å². The van der Waals surface area contributed by atoms with E-state index in [2.05, 4.69) is 11.1 Å². The molecule has 0 saturated carbocycles. The molecule has 3 aromatic rings. The quantitative estimate of drug-likeness (QED) is 0.725. The van der Waals surface area contributed by atoms with Gasteiger partial charge >= 0.3 is 0 Å². The van der Waals surface area contributed by atoms with E-state index in [1.165, 1.54) is 11.3 Å². The first-order valence-electron chi connectivity index (χ1n) is 6.12. The number of nitriles is 1. The van der Waals surface area contributed by atoms with Gasteiger partial charge in [0.1, 0.15) is 4.83 Å². The lowest BCUT2D eigenvalue weighted by atomic mass is 10.1. The highest BCUT2D eigenvalue weighted by Crippen LogP contribution is 2.19. The number of aromatic nitrogens is 2. The molecule has 0 saturated heterocycles. The molecule has 0 atom stereocenters. The Labute approximate surface area is 119 Å². The van der Waals surface area contributed by atoms with Gasteiger partial charge in [0, 0.05) is 4.88 Å². The van der Waals surface area contributed by atoms with E-state index >= 15 is 0 Å². The van der Waals surface area contributed by atoms with Crippen LogP contribution >= 0.6 is 11.3 Å². The van der Waals surface area contributed by atoms with Gasteiger partial charge in [0.25, 0.3) is 5.56 Å². The lowest BCUT2D eigenvalue weighted by Crippen LogP contribution is -2.20. The first-order chi connectivity index (χ1) is 9.67. The normalized spacial score (nSPS) is 10.6. The predicted octanol–water partition coefficient (Wildman–Crippen LogP) is 2.69. The minimum Gasteiger partial charge on any atom is -0.294 e. The van der Waals surface area contributed by atoms with Crippen LogP contribution in [0.3, 0.4) is 0 Å². The van der Waals surface area contributed by atoms with Crippen LogP contribution in [0.4, 0.5) is 0 Å². The van der Waals surface area contributed by atoms with Crippen molar-refractivity contribution in [2.75, 3.05) is 0 Å². The Morgan fingerprint density at radius 3 is 3.05 bits per heavy atom. The smallest absolute Gasteiger partial charge is 0.262 e. The van der Waals surface area contributed by atoms with E-state index in [4.69, 9.17) is 5.26 Å². The summed E-state index contributed by atoms with van der Waals surface area (Å²) in [5, 5.41) is 9.56. The molecule has 3 rings (SSSR count). The highest BCUT2D eigenvalue weighted by Gasteiger charge is 2.07. The molecule has 0 amide bonds. The molecule has 0 aliphatic carbocycles. The van der Waals surface area contributed by atoms with Crippen LogP contribution < -0.4 is 5.56 Å². The fourth-order valence-electron chi connectivity index (χ4n) is 2.13. The van der Waals surface area contributed by atoms with E-state index in [1.807, 2.05) is 25.1 Å². The summed E-state index contributed by atoms with van der Waals surface area (Å²) in [6.07, 6.45) is 1.57. The molecule has 0 aliphatic heterocycles. The van der Waals surface area contributed by atoms with Gasteiger partial charge in [-0.1, -0.05) is 12.1 Å². The molecule has 5 heteroatoms. The Hall–Kier alpha value is -2.45. The van der Waals surface area contributed by atoms with Crippen LogP contribution in [-0.4, -0.2) is 9.55 Å². The Bertz CT molecular complexity index is 886. The molecule has 2 aromatic heterocycles. The van der Waals surface area contributed by atoms with E-state index in [0.717, 1.165) is 15.3 Å². The highest BCUT2D eigenvalue weighted by molar-refractivity contribution is 7.18. The zero-order chi connectivity index (χ0) is 14.1. The molecule has 1 aromatic carbocycles. The van der Waals surface area contributed by atoms with Gasteiger partial charge in [0.2, 0.25) is 0 Å². The second-order valence-corrected chi connectivity index (χ2v) is 5.80. The summed E-state index contributed by atoms with van der Waals surface area (Å²) < 4.78 is 1.57. The zero-order valence-electron chi connectivity index (χ0n) is 10.8. The van der Waals surface area contributed by atoms with Gasteiger partial charge in [-0.15, -0.1) is 11.3 Å². The number of hydrogen-bond donors (Lipinski definition) is 0. The molecule has 4 nitrogen and oxygen atoms in total. The van der Waals surface area contributed by atoms with E-state index in [-0.39, 0.29) is 5.56 Å². The van der Waals surface area contributed by atoms with Crippen molar-refractivity contribution in [1.29, 1.82) is 5.26 Å². The Morgan fingerprint density at radius 1 is 1.40 bits per heavy atom. The topological polar surface area (TPSA) is 58.7 Å². The van der Waals surface area contributed by atoms with Crippen LogP contribution in [0.25, 0.3) is 10.2 Å². The van der Waals surface area contributed by atoms with Crippen LogP contribution in [-0.2, 0) is 6.54 Å². The predicted molar refractivity (Wildman–Crippen MR) is 78.9 cm³/mol. The number of rotatable bonds is 2. The van der Waals surface area contributed by atoms with Gasteiger partial charge in [-0.3, -0.25) is 9.36 Å². The second-order valence-electron chi connectivity index (χ2n) is 4.57. The molecule has 98 valence electrons. The molecule has 0 aliphatic rings. The number of nitrogens with zero attached hydrogens (tertiary/aromatic N) is 3. The van der Waals surface area contributed by atoms with Gasteiger partial charge in [-0.25, -0.2) is 4.98 Å². The van der Waals surface area contributed by atoms with Crippen molar-refractivity contribution in [3.8, 4) is 6.07 Å². The first-order valence-corrected chi connectivity index (χ1v) is 6.93. The fraction of sp³-hybridized carbons (Fsp3) is 0.133. The number of thiophene rings is 1. The maximum Gasteiger partial charge on any atom is 0.262 e. The molecular weight excluding hydrogens is 270 g/mol. The number of benzene rings is 1. The maximum atomic E-state index is 12.4. The van der Waals surface area contributed by atoms with Crippen molar-refractivity contribution in [2.45, 2.75) is 13.5 Å². The highest BCUT2D eigenvalue weighted by atomic mass is 32.1. The minimum atomic E-state index is -0.0401. The summed E-state index contributed by atoms with van der Waals surface area (Å²) in [5.41, 5.74) is 1.47. The summed E-state index contributed by atoms with van der Waals surface area (Å²) >= 11 is 1.52. The summed E-state index contributed by atoms with van der Waals surface area (Å²) in [7, 11) is 0. The monoisotopic (exact) mass is 281 g/mol. The third kappa shape index (κ3) is 2.22. The first kappa shape index (κ1) is 12.6. The van der Waals surface area contributed by atoms with Crippen molar-refractivity contribution in [3.05, 3.63) is 63.0 Å². The number of fused-ring (bicyclic) bond motifs is 1. The number of aryl methyl sites for hydroxylation is 1. The molecule has 20 heavy (non-hydrogen) atoms. The standard InChI is InChI=1S/C15H11N3OS/c1-10-5-13-14(20-10)17-9-18(15(13)19)8-12-4-2-3-11(6-12)7-16/h2-6,9H,8H2,1H3. The summed E-state index contributed by atoms with van der Waals surface area (Å²) in [6.45, 7) is 2.39. The van der Waals surface area contributed by atoms with Gasteiger partial charge < -0.3 is 0 Å². The molecule has 0 spiro atoms. The van der Waals surface area contributed by atoms with Gasteiger partial charge in [0.15, 0.2) is 0 Å². The van der Waals surface area contributed by atoms with Crippen molar-refractivity contribution < 1.29 is 0 Å². The second kappa shape index (κ2) is 4.91. The molecular formula is C15H11N3OS. The van der Waals surface area contributed by atoms with E-state index in [1.54, 1.807) is 23.0 Å². The SMILES string of the molecule is Cc1cc2c(=O)n(Cc3cccc(C#N)c3)cnc2s1. The molecule has 0 unspecified atom stereocenters. The molecule has 0 bridgehead atoms. The van der Waals surface area contributed by atoms with Crippen molar-refractivity contribution in [2.24, 2.45) is 0 Å². The van der Waals surface area contributed by atoms with Gasteiger partial charge in [-0.2, -0.15) is 5.26 Å². The number of hydrogen-bond acceptors (Lipinski definition) is 4. The van der Waals surface area contributed by atoms with Crippen LogP contribution in [0.5, 0.6) is 0 Å². The molecule has 0 radical (unpaired) electrons. The summed E-state index contributed by atoms with van der Waals surface area (Å²) in [5.74, 6) is 0. The zero-order valence-corrected chi connectivity index (χ0v) is 11.6. The van der Waals surface area contributed by atoms with Crippen LogP contribution in [0.2, 0.25) is 0 Å². The van der Waals surface area contributed by atoms with Crippen molar-refractivity contribution >= 4 is 21.6 Å². The maximum absolute atomic E-state index is 12.4. The fourth-order valence-corrected chi connectivity index (χ4v) is 2.97. The lowest BCUT2D eigenvalue weighted by Gasteiger charge is -2.05.